The zero-order valence-electron chi connectivity index (χ0n) is 9.85. The third-order valence-electron chi connectivity index (χ3n) is 2.51. The lowest BCUT2D eigenvalue weighted by Gasteiger charge is -1.99. The number of hydrogen-bond donors (Lipinski definition) is 0. The number of allylic oxidation sites excluding steroid dienone is 2. The summed E-state index contributed by atoms with van der Waals surface area (Å²) in [6.45, 7) is 2.26. The van der Waals surface area contributed by atoms with Crippen LogP contribution in [0.1, 0.15) is 64.7 Å². The van der Waals surface area contributed by atoms with Gasteiger partial charge in [0.1, 0.15) is 4.84 Å². The van der Waals surface area contributed by atoms with E-state index in [1.54, 1.807) is 0 Å². The molecular formula is C13H24Cl2. The van der Waals surface area contributed by atoms with Crippen molar-refractivity contribution in [1.82, 2.24) is 0 Å². The van der Waals surface area contributed by atoms with Crippen molar-refractivity contribution in [2.45, 2.75) is 69.5 Å². The largest absolute Gasteiger partial charge is 0.125 e. The van der Waals surface area contributed by atoms with E-state index >= 15 is 0 Å². The number of hydrogen-bond acceptors (Lipinski definition) is 0. The molecule has 0 aliphatic carbocycles. The molecular weight excluding hydrogens is 227 g/mol. The van der Waals surface area contributed by atoms with Gasteiger partial charge in [-0.25, -0.2) is 0 Å². The number of halogens is 2. The van der Waals surface area contributed by atoms with Crippen molar-refractivity contribution in [3.63, 3.8) is 0 Å². The van der Waals surface area contributed by atoms with Crippen LogP contribution in [0.3, 0.4) is 0 Å². The summed E-state index contributed by atoms with van der Waals surface area (Å²) in [5.74, 6) is 0. The average Bonchev–Trinajstić information content (AvgIpc) is 2.20. The van der Waals surface area contributed by atoms with Gasteiger partial charge in [0.25, 0.3) is 0 Å². The van der Waals surface area contributed by atoms with Crippen molar-refractivity contribution < 1.29 is 0 Å². The molecule has 0 saturated carbocycles. The minimum absolute atomic E-state index is 0.334. The highest BCUT2D eigenvalue weighted by atomic mass is 35.5. The normalized spacial score (nSPS) is 11.7. The van der Waals surface area contributed by atoms with Crippen molar-refractivity contribution in [3.05, 3.63) is 12.2 Å². The molecule has 0 heterocycles. The molecule has 0 aromatic carbocycles. The Morgan fingerprint density at radius 2 is 1.40 bits per heavy atom. The fourth-order valence-electron chi connectivity index (χ4n) is 1.60. The lowest BCUT2D eigenvalue weighted by Crippen LogP contribution is -1.80. The van der Waals surface area contributed by atoms with Crippen LogP contribution < -0.4 is 0 Å². The van der Waals surface area contributed by atoms with Gasteiger partial charge in [-0.05, 0) is 12.8 Å². The van der Waals surface area contributed by atoms with Crippen LogP contribution in [-0.2, 0) is 0 Å². The molecule has 0 bridgehead atoms. The predicted octanol–water partition coefficient (Wildman–Crippen LogP) is 5.88. The van der Waals surface area contributed by atoms with Gasteiger partial charge in [0.15, 0.2) is 0 Å². The van der Waals surface area contributed by atoms with Gasteiger partial charge in [0.05, 0.1) is 0 Å². The first kappa shape index (κ1) is 15.3. The van der Waals surface area contributed by atoms with Crippen molar-refractivity contribution in [2.75, 3.05) is 0 Å². The Morgan fingerprint density at radius 3 is 1.93 bits per heavy atom. The summed E-state index contributed by atoms with van der Waals surface area (Å²) in [6.07, 6.45) is 16.0. The molecule has 0 atom stereocenters. The van der Waals surface area contributed by atoms with E-state index in [2.05, 4.69) is 13.0 Å². The zero-order chi connectivity index (χ0) is 11.4. The maximum atomic E-state index is 5.57. The van der Waals surface area contributed by atoms with Crippen LogP contribution in [0.25, 0.3) is 0 Å². The van der Waals surface area contributed by atoms with Gasteiger partial charge in [-0.1, -0.05) is 64.0 Å². The van der Waals surface area contributed by atoms with Crippen molar-refractivity contribution in [3.8, 4) is 0 Å². The van der Waals surface area contributed by atoms with Gasteiger partial charge in [0, 0.05) is 0 Å². The smallest absolute Gasteiger partial charge is 0.101 e. The molecule has 0 nitrogen and oxygen atoms in total. The summed E-state index contributed by atoms with van der Waals surface area (Å²) in [4.78, 5) is -0.334. The number of alkyl halides is 2. The molecule has 0 amide bonds. The quantitative estimate of drug-likeness (QED) is 0.258. The van der Waals surface area contributed by atoms with E-state index in [-0.39, 0.29) is 4.84 Å². The molecule has 2 heteroatoms. The molecule has 0 rings (SSSR count). The Balaban J connectivity index is 2.99. The molecule has 0 radical (unpaired) electrons. The monoisotopic (exact) mass is 250 g/mol. The standard InChI is InChI=1S/C13H24Cl2/c1-2-3-4-5-6-7-8-9-10-11-12-13(14)15/h11-13H,2-10H2,1H3. The first-order valence-corrected chi connectivity index (χ1v) is 7.09. The predicted molar refractivity (Wildman–Crippen MR) is 71.9 cm³/mol. The van der Waals surface area contributed by atoms with Crippen LogP contribution in [0.4, 0.5) is 0 Å². The summed E-state index contributed by atoms with van der Waals surface area (Å²) in [5, 5.41) is 0. The van der Waals surface area contributed by atoms with Crippen LogP contribution in [0.15, 0.2) is 12.2 Å². The van der Waals surface area contributed by atoms with E-state index < -0.39 is 0 Å². The highest BCUT2D eigenvalue weighted by molar-refractivity contribution is 6.45. The van der Waals surface area contributed by atoms with E-state index in [1.807, 2.05) is 6.08 Å². The maximum absolute atomic E-state index is 5.57. The summed E-state index contributed by atoms with van der Waals surface area (Å²) in [5.41, 5.74) is 0. The number of rotatable bonds is 10. The second kappa shape index (κ2) is 12.4. The Kier molecular flexibility index (Phi) is 12.7. The van der Waals surface area contributed by atoms with Crippen molar-refractivity contribution in [1.29, 1.82) is 0 Å². The average molecular weight is 251 g/mol. The SMILES string of the molecule is CCCCCCCCCCC=CC(Cl)Cl. The summed E-state index contributed by atoms with van der Waals surface area (Å²) in [7, 11) is 0. The van der Waals surface area contributed by atoms with Crippen LogP contribution in [0.5, 0.6) is 0 Å². The Hall–Kier alpha value is 0.320. The third-order valence-corrected chi connectivity index (χ3v) is 2.80. The topological polar surface area (TPSA) is 0 Å². The van der Waals surface area contributed by atoms with Crippen LogP contribution in [0.2, 0.25) is 0 Å². The zero-order valence-corrected chi connectivity index (χ0v) is 11.4. The maximum Gasteiger partial charge on any atom is 0.125 e. The van der Waals surface area contributed by atoms with E-state index in [1.165, 1.54) is 51.4 Å². The Labute approximate surface area is 105 Å². The first-order chi connectivity index (χ1) is 7.27. The molecule has 0 spiro atoms. The lowest BCUT2D eigenvalue weighted by molar-refractivity contribution is 0.577. The lowest BCUT2D eigenvalue weighted by atomic mass is 10.1. The molecule has 0 fully saturated rings. The fourth-order valence-corrected chi connectivity index (χ4v) is 1.80. The van der Waals surface area contributed by atoms with Gasteiger partial charge in [0.2, 0.25) is 0 Å². The van der Waals surface area contributed by atoms with Crippen LogP contribution >= 0.6 is 23.2 Å². The summed E-state index contributed by atoms with van der Waals surface area (Å²) >= 11 is 11.1. The fraction of sp³-hybridized carbons (Fsp3) is 0.846. The molecule has 0 aromatic rings. The minimum Gasteiger partial charge on any atom is -0.101 e. The first-order valence-electron chi connectivity index (χ1n) is 6.22. The molecule has 90 valence electrons. The van der Waals surface area contributed by atoms with Gasteiger partial charge < -0.3 is 0 Å². The molecule has 0 N–H and O–H groups in total. The van der Waals surface area contributed by atoms with E-state index in [4.69, 9.17) is 23.2 Å². The van der Waals surface area contributed by atoms with Crippen LogP contribution in [0, 0.1) is 0 Å². The van der Waals surface area contributed by atoms with Crippen molar-refractivity contribution >= 4 is 23.2 Å². The molecule has 0 unspecified atom stereocenters. The van der Waals surface area contributed by atoms with Crippen molar-refractivity contribution in [2.24, 2.45) is 0 Å². The molecule has 0 aliphatic rings. The highest BCUT2D eigenvalue weighted by Crippen LogP contribution is 2.10. The summed E-state index contributed by atoms with van der Waals surface area (Å²) in [6, 6.07) is 0. The minimum atomic E-state index is -0.334. The Bertz CT molecular complexity index is 141. The van der Waals surface area contributed by atoms with Gasteiger partial charge >= 0.3 is 0 Å². The van der Waals surface area contributed by atoms with Gasteiger partial charge in [-0.15, -0.1) is 23.2 Å². The molecule has 0 saturated heterocycles. The van der Waals surface area contributed by atoms with E-state index in [9.17, 15) is 0 Å². The van der Waals surface area contributed by atoms with Crippen LogP contribution in [-0.4, -0.2) is 4.84 Å². The van der Waals surface area contributed by atoms with Gasteiger partial charge in [-0.2, -0.15) is 0 Å². The second-order valence-electron chi connectivity index (χ2n) is 4.03. The third kappa shape index (κ3) is 14.3. The summed E-state index contributed by atoms with van der Waals surface area (Å²) < 4.78 is 0. The van der Waals surface area contributed by atoms with E-state index in [0.717, 1.165) is 6.42 Å². The van der Waals surface area contributed by atoms with E-state index in [0.29, 0.717) is 0 Å². The molecule has 15 heavy (non-hydrogen) atoms. The Morgan fingerprint density at radius 1 is 0.867 bits per heavy atom. The number of unbranched alkanes of at least 4 members (excludes halogenated alkanes) is 8. The molecule has 0 aliphatic heterocycles. The second-order valence-corrected chi connectivity index (χ2v) is 5.19. The van der Waals surface area contributed by atoms with Gasteiger partial charge in [-0.3, -0.25) is 0 Å². The highest BCUT2D eigenvalue weighted by Gasteiger charge is 1.91. The molecule has 0 aromatic heterocycles.